The predicted molar refractivity (Wildman–Crippen MR) is 59.5 cm³/mol. The normalized spacial score (nSPS) is 14.1. The molecule has 1 atom stereocenters. The Balaban J connectivity index is 4.51. The van der Waals surface area contributed by atoms with Crippen molar-refractivity contribution >= 4 is 11.8 Å². The Bertz CT molecular complexity index is 245. The summed E-state index contributed by atoms with van der Waals surface area (Å²) in [6.45, 7) is 8.74. The van der Waals surface area contributed by atoms with Gasteiger partial charge in [-0.2, -0.15) is 0 Å². The molecule has 86 valence electrons. The fourth-order valence-electron chi connectivity index (χ4n) is 1.31. The SMILES string of the molecule is C=CCCCC(C)(C(C)=O)C(=O)OCC. The minimum atomic E-state index is -0.987. The molecule has 0 aromatic carbocycles. The van der Waals surface area contributed by atoms with E-state index in [1.807, 2.05) is 0 Å². The molecule has 0 fully saturated rings. The average molecular weight is 212 g/mol. The zero-order valence-electron chi connectivity index (χ0n) is 9.84. The molecule has 0 saturated carbocycles. The molecule has 0 amide bonds. The second-order valence-corrected chi connectivity index (χ2v) is 3.79. The second kappa shape index (κ2) is 6.38. The summed E-state index contributed by atoms with van der Waals surface area (Å²) in [5, 5.41) is 0. The van der Waals surface area contributed by atoms with Crippen molar-refractivity contribution in [1.29, 1.82) is 0 Å². The summed E-state index contributed by atoms with van der Waals surface area (Å²) >= 11 is 0. The maximum Gasteiger partial charge on any atom is 0.319 e. The van der Waals surface area contributed by atoms with E-state index in [4.69, 9.17) is 4.74 Å². The number of unbranched alkanes of at least 4 members (excludes halogenated alkanes) is 1. The van der Waals surface area contributed by atoms with Crippen molar-refractivity contribution in [3.63, 3.8) is 0 Å². The van der Waals surface area contributed by atoms with Crippen LogP contribution in [-0.4, -0.2) is 18.4 Å². The topological polar surface area (TPSA) is 43.4 Å². The van der Waals surface area contributed by atoms with Gasteiger partial charge in [-0.25, -0.2) is 0 Å². The maximum atomic E-state index is 11.6. The number of ketones is 1. The average Bonchev–Trinajstić information content (AvgIpc) is 2.18. The van der Waals surface area contributed by atoms with Crippen molar-refractivity contribution < 1.29 is 14.3 Å². The van der Waals surface area contributed by atoms with E-state index in [-0.39, 0.29) is 5.78 Å². The Labute approximate surface area is 91.5 Å². The lowest BCUT2D eigenvalue weighted by atomic mass is 9.81. The van der Waals surface area contributed by atoms with Crippen LogP contribution in [0.4, 0.5) is 0 Å². The molecule has 0 aliphatic rings. The monoisotopic (exact) mass is 212 g/mol. The van der Waals surface area contributed by atoms with Gasteiger partial charge in [-0.05, 0) is 40.0 Å². The molecule has 0 radical (unpaired) electrons. The first kappa shape index (κ1) is 13.9. The summed E-state index contributed by atoms with van der Waals surface area (Å²) in [6, 6.07) is 0. The molecule has 0 aromatic heterocycles. The number of rotatable bonds is 7. The van der Waals surface area contributed by atoms with Gasteiger partial charge in [0.05, 0.1) is 6.61 Å². The summed E-state index contributed by atoms with van der Waals surface area (Å²) < 4.78 is 4.91. The highest BCUT2D eigenvalue weighted by atomic mass is 16.5. The van der Waals surface area contributed by atoms with Crippen molar-refractivity contribution in [2.45, 2.75) is 40.0 Å². The third kappa shape index (κ3) is 3.86. The highest BCUT2D eigenvalue weighted by Crippen LogP contribution is 2.27. The van der Waals surface area contributed by atoms with Crippen LogP contribution in [-0.2, 0) is 14.3 Å². The van der Waals surface area contributed by atoms with Gasteiger partial charge in [0.1, 0.15) is 11.2 Å². The number of allylic oxidation sites excluding steroid dienone is 1. The van der Waals surface area contributed by atoms with Crippen LogP contribution in [0.5, 0.6) is 0 Å². The van der Waals surface area contributed by atoms with Crippen LogP contribution < -0.4 is 0 Å². The Morgan fingerprint density at radius 3 is 2.47 bits per heavy atom. The molecule has 0 aromatic rings. The molecule has 0 rings (SSSR count). The number of ether oxygens (including phenoxy) is 1. The van der Waals surface area contributed by atoms with Gasteiger partial charge in [0.15, 0.2) is 0 Å². The Hall–Kier alpha value is -1.12. The lowest BCUT2D eigenvalue weighted by Gasteiger charge is -2.23. The van der Waals surface area contributed by atoms with E-state index in [0.29, 0.717) is 13.0 Å². The highest BCUT2D eigenvalue weighted by Gasteiger charge is 2.38. The van der Waals surface area contributed by atoms with Crippen LogP contribution in [0.25, 0.3) is 0 Å². The quantitative estimate of drug-likeness (QED) is 0.282. The van der Waals surface area contributed by atoms with E-state index < -0.39 is 11.4 Å². The van der Waals surface area contributed by atoms with Gasteiger partial charge in [0.25, 0.3) is 0 Å². The number of hydrogen-bond donors (Lipinski definition) is 0. The number of carbonyl (C=O) groups is 2. The number of esters is 1. The Kier molecular flexibility index (Phi) is 5.90. The number of carbonyl (C=O) groups excluding carboxylic acids is 2. The van der Waals surface area contributed by atoms with Gasteiger partial charge in [-0.15, -0.1) is 6.58 Å². The zero-order valence-corrected chi connectivity index (χ0v) is 9.84. The summed E-state index contributed by atoms with van der Waals surface area (Å²) in [5.41, 5.74) is -0.987. The van der Waals surface area contributed by atoms with Gasteiger partial charge in [-0.3, -0.25) is 9.59 Å². The molecular formula is C12H20O3. The predicted octanol–water partition coefficient (Wildman–Crippen LogP) is 2.50. The van der Waals surface area contributed by atoms with Crippen molar-refractivity contribution in [3.8, 4) is 0 Å². The molecule has 0 aliphatic carbocycles. The minimum absolute atomic E-state index is 0.134. The molecule has 3 nitrogen and oxygen atoms in total. The number of hydrogen-bond acceptors (Lipinski definition) is 3. The maximum absolute atomic E-state index is 11.6. The third-order valence-electron chi connectivity index (χ3n) is 2.59. The van der Waals surface area contributed by atoms with Gasteiger partial charge in [-0.1, -0.05) is 6.08 Å². The van der Waals surface area contributed by atoms with Crippen molar-refractivity contribution in [1.82, 2.24) is 0 Å². The van der Waals surface area contributed by atoms with E-state index in [2.05, 4.69) is 6.58 Å². The first-order valence-corrected chi connectivity index (χ1v) is 5.28. The molecular weight excluding hydrogens is 192 g/mol. The summed E-state index contributed by atoms with van der Waals surface area (Å²) in [5.74, 6) is -0.549. The first-order valence-electron chi connectivity index (χ1n) is 5.28. The fraction of sp³-hybridized carbons (Fsp3) is 0.667. The van der Waals surface area contributed by atoms with Gasteiger partial charge in [0, 0.05) is 0 Å². The van der Waals surface area contributed by atoms with Gasteiger partial charge in [0.2, 0.25) is 0 Å². The minimum Gasteiger partial charge on any atom is -0.465 e. The lowest BCUT2D eigenvalue weighted by Crippen LogP contribution is -2.36. The summed E-state index contributed by atoms with van der Waals surface area (Å²) in [7, 11) is 0. The van der Waals surface area contributed by atoms with Crippen LogP contribution in [0.3, 0.4) is 0 Å². The Morgan fingerprint density at radius 1 is 1.47 bits per heavy atom. The van der Waals surface area contributed by atoms with E-state index in [1.165, 1.54) is 6.92 Å². The van der Waals surface area contributed by atoms with Crippen molar-refractivity contribution in [2.24, 2.45) is 5.41 Å². The molecule has 15 heavy (non-hydrogen) atoms. The number of Topliss-reactive ketones (excluding diaryl/α,β-unsaturated/α-hetero) is 1. The fourth-order valence-corrected chi connectivity index (χ4v) is 1.31. The molecule has 1 unspecified atom stereocenters. The summed E-state index contributed by atoms with van der Waals surface area (Å²) in [6.07, 6.45) is 3.89. The smallest absolute Gasteiger partial charge is 0.319 e. The van der Waals surface area contributed by atoms with E-state index in [0.717, 1.165) is 12.8 Å². The van der Waals surface area contributed by atoms with E-state index in [9.17, 15) is 9.59 Å². The van der Waals surface area contributed by atoms with E-state index >= 15 is 0 Å². The second-order valence-electron chi connectivity index (χ2n) is 3.79. The van der Waals surface area contributed by atoms with E-state index in [1.54, 1.807) is 19.9 Å². The van der Waals surface area contributed by atoms with Crippen LogP contribution in [0.1, 0.15) is 40.0 Å². The van der Waals surface area contributed by atoms with Crippen LogP contribution in [0.15, 0.2) is 12.7 Å². The van der Waals surface area contributed by atoms with Crippen molar-refractivity contribution in [2.75, 3.05) is 6.61 Å². The zero-order chi connectivity index (χ0) is 11.9. The largest absolute Gasteiger partial charge is 0.465 e. The third-order valence-corrected chi connectivity index (χ3v) is 2.59. The summed E-state index contributed by atoms with van der Waals surface area (Å²) in [4.78, 5) is 23.1. The Morgan fingerprint density at radius 2 is 2.07 bits per heavy atom. The lowest BCUT2D eigenvalue weighted by molar-refractivity contribution is -0.159. The first-order chi connectivity index (χ1) is 6.99. The van der Waals surface area contributed by atoms with Crippen LogP contribution >= 0.6 is 0 Å². The molecule has 0 spiro atoms. The molecule has 3 heteroatoms. The van der Waals surface area contributed by atoms with Crippen LogP contribution in [0.2, 0.25) is 0 Å². The molecule has 0 aliphatic heterocycles. The molecule has 0 saturated heterocycles. The van der Waals surface area contributed by atoms with Gasteiger partial charge >= 0.3 is 5.97 Å². The molecule has 0 N–H and O–H groups in total. The molecule has 0 heterocycles. The van der Waals surface area contributed by atoms with Gasteiger partial charge < -0.3 is 4.74 Å². The molecule has 0 bridgehead atoms. The van der Waals surface area contributed by atoms with Crippen LogP contribution in [0, 0.1) is 5.41 Å². The highest BCUT2D eigenvalue weighted by molar-refractivity contribution is 6.02. The standard InChI is InChI=1S/C12H20O3/c1-5-7-8-9-12(4,10(3)13)11(14)15-6-2/h5H,1,6-9H2,2-4H3. The van der Waals surface area contributed by atoms with Crippen molar-refractivity contribution in [3.05, 3.63) is 12.7 Å².